The maximum atomic E-state index is 12.6. The summed E-state index contributed by atoms with van der Waals surface area (Å²) in [4.78, 5) is 38.1. The van der Waals surface area contributed by atoms with Gasteiger partial charge >= 0.3 is 6.03 Å². The molecule has 0 spiro atoms. The highest BCUT2D eigenvalue weighted by molar-refractivity contribution is 6.00. The van der Waals surface area contributed by atoms with Crippen molar-refractivity contribution >= 4 is 29.2 Å². The lowest BCUT2D eigenvalue weighted by atomic mass is 10.1. The molecule has 7 nitrogen and oxygen atoms in total. The first-order valence-electron chi connectivity index (χ1n) is 9.62. The molecule has 1 saturated carbocycles. The molecule has 7 heteroatoms. The molecular formula is C22H26N4O3. The minimum Gasteiger partial charge on any atom is -0.335 e. The number of hydrogen-bond donors (Lipinski definition) is 3. The van der Waals surface area contributed by atoms with Crippen LogP contribution >= 0.6 is 0 Å². The first kappa shape index (κ1) is 20.4. The molecule has 4 amide bonds. The number of anilines is 2. The quantitative estimate of drug-likeness (QED) is 0.702. The van der Waals surface area contributed by atoms with Gasteiger partial charge in [-0.05, 0) is 62.1 Å². The molecule has 0 saturated heterocycles. The van der Waals surface area contributed by atoms with Crippen molar-refractivity contribution in [2.24, 2.45) is 0 Å². The summed E-state index contributed by atoms with van der Waals surface area (Å²) in [6.07, 6.45) is 2.04. The fraction of sp³-hybridized carbons (Fsp3) is 0.318. The number of rotatable bonds is 6. The van der Waals surface area contributed by atoms with Crippen LogP contribution in [0.2, 0.25) is 0 Å². The van der Waals surface area contributed by atoms with E-state index in [1.807, 2.05) is 32.0 Å². The molecule has 152 valence electrons. The summed E-state index contributed by atoms with van der Waals surface area (Å²) in [7, 11) is 1.59. The van der Waals surface area contributed by atoms with E-state index in [-0.39, 0.29) is 30.4 Å². The highest BCUT2D eigenvalue weighted by Crippen LogP contribution is 2.20. The van der Waals surface area contributed by atoms with Crippen molar-refractivity contribution < 1.29 is 14.4 Å². The predicted molar refractivity (Wildman–Crippen MR) is 113 cm³/mol. The number of hydrogen-bond acceptors (Lipinski definition) is 3. The van der Waals surface area contributed by atoms with Crippen LogP contribution in [-0.4, -0.2) is 42.4 Å². The molecule has 2 aromatic carbocycles. The molecule has 1 fully saturated rings. The summed E-state index contributed by atoms with van der Waals surface area (Å²) in [5.41, 5.74) is 3.77. The number of carbonyl (C=O) groups excluding carboxylic acids is 3. The lowest BCUT2D eigenvalue weighted by Crippen LogP contribution is -2.35. The second-order valence-corrected chi connectivity index (χ2v) is 7.43. The molecule has 1 aliphatic carbocycles. The zero-order valence-electron chi connectivity index (χ0n) is 16.9. The van der Waals surface area contributed by atoms with Crippen LogP contribution in [0.15, 0.2) is 42.5 Å². The van der Waals surface area contributed by atoms with Crippen molar-refractivity contribution in [1.82, 2.24) is 10.2 Å². The molecule has 2 aromatic rings. The van der Waals surface area contributed by atoms with Crippen LogP contribution < -0.4 is 16.0 Å². The maximum absolute atomic E-state index is 12.6. The standard InChI is InChI=1S/C22H26N4O3/c1-14-5-4-6-15(2)20(14)25-19(27)13-26(3)21(28)16-7-9-17(10-8-16)23-22(29)24-18-11-12-18/h4-10,18H,11-13H2,1-3H3,(H,25,27)(H2,23,24,29). The Labute approximate surface area is 170 Å². The van der Waals surface area contributed by atoms with Crippen molar-refractivity contribution in [2.45, 2.75) is 32.7 Å². The summed E-state index contributed by atoms with van der Waals surface area (Å²) in [6.45, 7) is 3.80. The van der Waals surface area contributed by atoms with Crippen LogP contribution in [0.5, 0.6) is 0 Å². The summed E-state index contributed by atoms with van der Waals surface area (Å²) in [6, 6.07) is 12.4. The zero-order valence-corrected chi connectivity index (χ0v) is 16.9. The van der Waals surface area contributed by atoms with E-state index < -0.39 is 0 Å². The SMILES string of the molecule is Cc1cccc(C)c1NC(=O)CN(C)C(=O)c1ccc(NC(=O)NC2CC2)cc1. The van der Waals surface area contributed by atoms with E-state index in [9.17, 15) is 14.4 Å². The lowest BCUT2D eigenvalue weighted by molar-refractivity contribution is -0.116. The van der Waals surface area contributed by atoms with E-state index in [1.54, 1.807) is 31.3 Å². The van der Waals surface area contributed by atoms with Crippen molar-refractivity contribution in [3.63, 3.8) is 0 Å². The molecule has 29 heavy (non-hydrogen) atoms. The third-order valence-corrected chi connectivity index (χ3v) is 4.78. The second kappa shape index (κ2) is 8.77. The average molecular weight is 394 g/mol. The number of nitrogens with one attached hydrogen (secondary N) is 3. The van der Waals surface area contributed by atoms with Crippen LogP contribution in [0, 0.1) is 13.8 Å². The van der Waals surface area contributed by atoms with E-state index in [1.165, 1.54) is 4.90 Å². The third kappa shape index (κ3) is 5.57. The van der Waals surface area contributed by atoms with Crippen LogP contribution in [0.4, 0.5) is 16.2 Å². The number of likely N-dealkylation sites (N-methyl/N-ethyl adjacent to an activating group) is 1. The Kier molecular flexibility index (Phi) is 6.16. The van der Waals surface area contributed by atoms with Crippen LogP contribution in [0.3, 0.4) is 0 Å². The Hall–Kier alpha value is -3.35. The molecule has 1 aliphatic rings. The Morgan fingerprint density at radius 3 is 2.17 bits per heavy atom. The molecule has 0 unspecified atom stereocenters. The van der Waals surface area contributed by atoms with Gasteiger partial charge < -0.3 is 20.9 Å². The largest absolute Gasteiger partial charge is 0.335 e. The molecule has 0 heterocycles. The van der Waals surface area contributed by atoms with Gasteiger partial charge in [0.25, 0.3) is 5.91 Å². The van der Waals surface area contributed by atoms with Crippen molar-refractivity contribution in [2.75, 3.05) is 24.2 Å². The summed E-state index contributed by atoms with van der Waals surface area (Å²) in [5.74, 6) is -0.524. The Morgan fingerprint density at radius 2 is 1.59 bits per heavy atom. The molecular weight excluding hydrogens is 368 g/mol. The normalized spacial score (nSPS) is 12.8. The highest BCUT2D eigenvalue weighted by atomic mass is 16.2. The second-order valence-electron chi connectivity index (χ2n) is 7.43. The topological polar surface area (TPSA) is 90.5 Å². The van der Waals surface area contributed by atoms with Crippen LogP contribution in [-0.2, 0) is 4.79 Å². The van der Waals surface area contributed by atoms with Crippen LogP contribution in [0.25, 0.3) is 0 Å². The van der Waals surface area contributed by atoms with Gasteiger partial charge in [0, 0.05) is 30.0 Å². The smallest absolute Gasteiger partial charge is 0.319 e. The monoisotopic (exact) mass is 394 g/mol. The van der Waals surface area contributed by atoms with Crippen molar-refractivity contribution in [1.29, 1.82) is 0 Å². The number of benzene rings is 2. The Morgan fingerprint density at radius 1 is 0.966 bits per heavy atom. The molecule has 3 rings (SSSR count). The fourth-order valence-electron chi connectivity index (χ4n) is 2.97. The number of para-hydroxylation sites is 1. The highest BCUT2D eigenvalue weighted by Gasteiger charge is 2.23. The summed E-state index contributed by atoms with van der Waals surface area (Å²) >= 11 is 0. The van der Waals surface area contributed by atoms with E-state index in [2.05, 4.69) is 16.0 Å². The predicted octanol–water partition coefficient (Wildman–Crippen LogP) is 3.30. The lowest BCUT2D eigenvalue weighted by Gasteiger charge is -2.18. The van der Waals surface area contributed by atoms with Gasteiger partial charge in [0.1, 0.15) is 0 Å². The van der Waals surface area contributed by atoms with Gasteiger partial charge in [0.05, 0.1) is 6.54 Å². The number of urea groups is 1. The number of aryl methyl sites for hydroxylation is 2. The molecule has 0 aromatic heterocycles. The summed E-state index contributed by atoms with van der Waals surface area (Å²) < 4.78 is 0. The van der Waals surface area contributed by atoms with Gasteiger partial charge in [0.2, 0.25) is 5.91 Å². The fourth-order valence-corrected chi connectivity index (χ4v) is 2.97. The first-order valence-corrected chi connectivity index (χ1v) is 9.62. The molecule has 0 atom stereocenters. The molecule has 3 N–H and O–H groups in total. The van der Waals surface area contributed by atoms with Gasteiger partial charge in [0.15, 0.2) is 0 Å². The minimum absolute atomic E-state index is 0.0591. The Balaban J connectivity index is 1.55. The van der Waals surface area contributed by atoms with Crippen LogP contribution in [0.1, 0.15) is 34.3 Å². The van der Waals surface area contributed by atoms with E-state index >= 15 is 0 Å². The van der Waals surface area contributed by atoms with Gasteiger partial charge in [-0.3, -0.25) is 9.59 Å². The maximum Gasteiger partial charge on any atom is 0.319 e. The van der Waals surface area contributed by atoms with Gasteiger partial charge in [-0.2, -0.15) is 0 Å². The number of carbonyl (C=O) groups is 3. The average Bonchev–Trinajstić information content (AvgIpc) is 3.48. The number of amides is 4. The first-order chi connectivity index (χ1) is 13.8. The van der Waals surface area contributed by atoms with E-state index in [0.717, 1.165) is 29.7 Å². The van der Waals surface area contributed by atoms with E-state index in [0.29, 0.717) is 11.3 Å². The summed E-state index contributed by atoms with van der Waals surface area (Å²) in [5, 5.41) is 8.46. The van der Waals surface area contributed by atoms with E-state index in [4.69, 9.17) is 0 Å². The van der Waals surface area contributed by atoms with Crippen molar-refractivity contribution in [3.05, 3.63) is 59.2 Å². The Bertz CT molecular complexity index is 900. The van der Waals surface area contributed by atoms with Gasteiger partial charge in [-0.1, -0.05) is 18.2 Å². The van der Waals surface area contributed by atoms with Gasteiger partial charge in [-0.25, -0.2) is 4.79 Å². The zero-order chi connectivity index (χ0) is 21.0. The van der Waals surface area contributed by atoms with Crippen molar-refractivity contribution in [3.8, 4) is 0 Å². The third-order valence-electron chi connectivity index (χ3n) is 4.78. The van der Waals surface area contributed by atoms with Gasteiger partial charge in [-0.15, -0.1) is 0 Å². The molecule has 0 aliphatic heterocycles. The minimum atomic E-state index is -0.268. The number of nitrogens with zero attached hydrogens (tertiary/aromatic N) is 1. The molecule has 0 bridgehead atoms. The molecule has 0 radical (unpaired) electrons.